The smallest absolute Gasteiger partial charge is 0.342 e. The predicted molar refractivity (Wildman–Crippen MR) is 134 cm³/mol. The van der Waals surface area contributed by atoms with Crippen LogP contribution in [0.2, 0.25) is 0 Å². The van der Waals surface area contributed by atoms with Crippen LogP contribution < -0.4 is 0 Å². The summed E-state index contributed by atoms with van der Waals surface area (Å²) in [5.41, 5.74) is -5.99. The molecule has 1 N–H and O–H groups in total. The van der Waals surface area contributed by atoms with Gasteiger partial charge in [-0.3, -0.25) is 19.2 Å². The summed E-state index contributed by atoms with van der Waals surface area (Å²) in [7, 11) is 0. The minimum absolute atomic E-state index is 0.0499. The second-order valence-electron chi connectivity index (χ2n) is 11.6. The molecule has 0 amide bonds. The summed E-state index contributed by atoms with van der Waals surface area (Å²) in [5, 5.41) is 12.2. The molecule has 40 heavy (non-hydrogen) atoms. The quantitative estimate of drug-likeness (QED) is 0.227. The van der Waals surface area contributed by atoms with E-state index < -0.39 is 88.5 Å². The van der Waals surface area contributed by atoms with Crippen molar-refractivity contribution in [2.24, 2.45) is 11.3 Å². The zero-order valence-corrected chi connectivity index (χ0v) is 23.8. The fourth-order valence-electron chi connectivity index (χ4n) is 6.76. The maximum Gasteiger partial charge on any atom is 0.342 e. The van der Waals surface area contributed by atoms with Crippen molar-refractivity contribution in [2.75, 3.05) is 0 Å². The van der Waals surface area contributed by atoms with Gasteiger partial charge in [-0.15, -0.1) is 0 Å². The molecule has 0 aromatic rings. The van der Waals surface area contributed by atoms with Crippen molar-refractivity contribution in [3.63, 3.8) is 0 Å². The number of epoxide rings is 1. The van der Waals surface area contributed by atoms with Gasteiger partial charge in [0.15, 0.2) is 17.3 Å². The van der Waals surface area contributed by atoms with E-state index in [0.717, 1.165) is 0 Å². The Balaban J connectivity index is 2.04. The number of carbonyl (C=O) groups excluding carboxylic acids is 5. The number of carbonyl (C=O) groups is 5. The Labute approximate surface area is 231 Å². The lowest BCUT2D eigenvalue weighted by Crippen LogP contribution is -2.67. The molecule has 2 aliphatic heterocycles. The van der Waals surface area contributed by atoms with Gasteiger partial charge in [0.05, 0.1) is 0 Å². The van der Waals surface area contributed by atoms with Gasteiger partial charge >= 0.3 is 29.8 Å². The molecule has 4 rings (SSSR count). The van der Waals surface area contributed by atoms with Crippen molar-refractivity contribution in [1.29, 1.82) is 0 Å². The Morgan fingerprint density at radius 1 is 0.925 bits per heavy atom. The van der Waals surface area contributed by atoms with Crippen LogP contribution in [0.4, 0.5) is 0 Å². The molecule has 12 nitrogen and oxygen atoms in total. The van der Waals surface area contributed by atoms with E-state index in [1.165, 1.54) is 47.6 Å². The Morgan fingerprint density at radius 2 is 1.50 bits per heavy atom. The molecule has 0 bridgehead atoms. The van der Waals surface area contributed by atoms with Crippen LogP contribution in [0.5, 0.6) is 0 Å². The van der Waals surface area contributed by atoms with Gasteiger partial charge in [-0.2, -0.15) is 0 Å². The molecular weight excluding hydrogens is 528 g/mol. The highest BCUT2D eigenvalue weighted by molar-refractivity contribution is 5.89. The molecule has 2 saturated heterocycles. The lowest BCUT2D eigenvalue weighted by atomic mass is 9.55. The predicted octanol–water partition coefficient (Wildman–Crippen LogP) is 1.46. The van der Waals surface area contributed by atoms with E-state index in [-0.39, 0.29) is 6.42 Å². The first-order valence-electron chi connectivity index (χ1n) is 13.1. The molecule has 1 spiro atoms. The standard InChI is InChI=1S/C28H36O12/c1-13-11-21-28(27(8,40-28)24(33)39-21)23(38-17(5)32)22-25(6,10-9-19(26(22,7)34)36-15(3)30)20(37-16(4)31)12-18(13)35-14(2)29/h9-11,18-23,34H,12H2,1-8H3/b13-11-/t18-,19-,20+,21+,22-,23+,25-,26+,27+,28+/m1/s1. The minimum Gasteiger partial charge on any atom is -0.461 e. The third kappa shape index (κ3) is 4.50. The highest BCUT2D eigenvalue weighted by Crippen LogP contribution is 2.65. The molecule has 220 valence electrons. The van der Waals surface area contributed by atoms with Crippen molar-refractivity contribution in [3.8, 4) is 0 Å². The van der Waals surface area contributed by atoms with E-state index in [4.69, 9.17) is 28.4 Å². The van der Waals surface area contributed by atoms with Crippen LogP contribution >= 0.6 is 0 Å². The van der Waals surface area contributed by atoms with Gasteiger partial charge in [-0.1, -0.05) is 13.0 Å². The van der Waals surface area contributed by atoms with Crippen molar-refractivity contribution in [1.82, 2.24) is 0 Å². The zero-order chi connectivity index (χ0) is 30.0. The normalized spacial score (nSPS) is 44.8. The first kappa shape index (κ1) is 29.7. The molecule has 12 heteroatoms. The molecule has 0 saturated carbocycles. The van der Waals surface area contributed by atoms with E-state index in [1.54, 1.807) is 26.0 Å². The highest BCUT2D eigenvalue weighted by atomic mass is 16.7. The van der Waals surface area contributed by atoms with Crippen LogP contribution in [-0.2, 0) is 52.4 Å². The van der Waals surface area contributed by atoms with Gasteiger partial charge in [0, 0.05) is 45.4 Å². The Morgan fingerprint density at radius 3 is 2.02 bits per heavy atom. The van der Waals surface area contributed by atoms with Crippen molar-refractivity contribution in [2.45, 2.75) is 109 Å². The number of esters is 5. The van der Waals surface area contributed by atoms with Crippen LogP contribution in [0.15, 0.2) is 23.8 Å². The zero-order valence-electron chi connectivity index (χ0n) is 23.8. The van der Waals surface area contributed by atoms with Crippen LogP contribution in [0.3, 0.4) is 0 Å². The first-order chi connectivity index (χ1) is 18.4. The van der Waals surface area contributed by atoms with E-state index in [0.29, 0.717) is 5.57 Å². The molecule has 2 fully saturated rings. The second-order valence-corrected chi connectivity index (χ2v) is 11.6. The van der Waals surface area contributed by atoms with Crippen molar-refractivity contribution in [3.05, 3.63) is 23.8 Å². The van der Waals surface area contributed by atoms with Crippen LogP contribution in [-0.4, -0.2) is 82.3 Å². The van der Waals surface area contributed by atoms with E-state index >= 15 is 0 Å². The SMILES string of the molecule is CC(=O)O[C@H]1C[C@@H](OC(C)=O)/C(C)=C\[C@@H]2OC(=O)[C@]3(C)O[C@]23[C@@H](OC(C)=O)[C@H]2[C@@](C)(O)[C@H](OC(C)=O)C=C[C@]12C. The van der Waals surface area contributed by atoms with Gasteiger partial charge in [0.1, 0.15) is 30.0 Å². The van der Waals surface area contributed by atoms with Crippen LogP contribution in [0, 0.1) is 11.3 Å². The molecule has 2 aliphatic carbocycles. The van der Waals surface area contributed by atoms with E-state index in [2.05, 4.69) is 0 Å². The molecular formula is C28H36O12. The Kier molecular flexibility index (Phi) is 7.20. The Hall–Kier alpha value is -3.25. The van der Waals surface area contributed by atoms with Crippen LogP contribution in [0.1, 0.15) is 61.8 Å². The number of hydrogen-bond donors (Lipinski definition) is 1. The van der Waals surface area contributed by atoms with Gasteiger partial charge in [-0.05, 0) is 38.5 Å². The highest BCUT2D eigenvalue weighted by Gasteiger charge is 2.87. The van der Waals surface area contributed by atoms with Crippen molar-refractivity contribution < 1.29 is 57.5 Å². The summed E-state index contributed by atoms with van der Waals surface area (Å²) in [6, 6.07) is 0. The topological polar surface area (TPSA) is 164 Å². The summed E-state index contributed by atoms with van der Waals surface area (Å²) < 4.78 is 34.6. The lowest BCUT2D eigenvalue weighted by Gasteiger charge is -2.55. The van der Waals surface area contributed by atoms with E-state index in [9.17, 15) is 29.1 Å². The number of aliphatic hydroxyl groups is 1. The third-order valence-corrected chi connectivity index (χ3v) is 8.60. The molecule has 2 heterocycles. The molecule has 0 aromatic carbocycles. The summed E-state index contributed by atoms with van der Waals surface area (Å²) in [5.74, 6) is -4.55. The van der Waals surface area contributed by atoms with Gasteiger partial charge in [-0.25, -0.2) is 4.79 Å². The largest absolute Gasteiger partial charge is 0.461 e. The lowest BCUT2D eigenvalue weighted by molar-refractivity contribution is -0.220. The molecule has 0 aromatic heterocycles. The summed E-state index contributed by atoms with van der Waals surface area (Å²) >= 11 is 0. The average molecular weight is 565 g/mol. The number of hydrogen-bond acceptors (Lipinski definition) is 12. The summed E-state index contributed by atoms with van der Waals surface area (Å²) in [6.07, 6.45) is -1.03. The maximum absolute atomic E-state index is 13.1. The fraction of sp³-hybridized carbons (Fsp3) is 0.679. The molecule has 0 unspecified atom stereocenters. The average Bonchev–Trinajstić information content (AvgIpc) is 3.39. The molecule has 10 atom stereocenters. The molecule has 4 aliphatic rings. The van der Waals surface area contributed by atoms with Gasteiger partial charge < -0.3 is 33.5 Å². The summed E-state index contributed by atoms with van der Waals surface area (Å²) in [4.78, 5) is 62.2. The summed E-state index contributed by atoms with van der Waals surface area (Å²) in [6.45, 7) is 11.1. The second kappa shape index (κ2) is 9.69. The van der Waals surface area contributed by atoms with Crippen molar-refractivity contribution >= 4 is 29.8 Å². The van der Waals surface area contributed by atoms with Gasteiger partial charge in [0.2, 0.25) is 0 Å². The number of ether oxygens (including phenoxy) is 6. The monoisotopic (exact) mass is 564 g/mol. The fourth-order valence-corrected chi connectivity index (χ4v) is 6.76. The Bertz CT molecular complexity index is 1200. The van der Waals surface area contributed by atoms with Gasteiger partial charge in [0.25, 0.3) is 0 Å². The van der Waals surface area contributed by atoms with E-state index in [1.807, 2.05) is 0 Å². The molecule has 0 radical (unpaired) electrons. The number of fused-ring (bicyclic) bond motifs is 1. The van der Waals surface area contributed by atoms with Crippen LogP contribution in [0.25, 0.3) is 0 Å². The number of rotatable bonds is 4. The third-order valence-electron chi connectivity index (χ3n) is 8.60. The minimum atomic E-state index is -1.96. The maximum atomic E-state index is 13.1. The first-order valence-corrected chi connectivity index (χ1v) is 13.1.